The first-order valence-corrected chi connectivity index (χ1v) is 6.82. The number of alkyl carbamates (subject to hydrolysis) is 1. The molecule has 0 aliphatic carbocycles. The number of nitrogens with one attached hydrogen (secondary N) is 2. The summed E-state index contributed by atoms with van der Waals surface area (Å²) in [6.07, 6.45) is -0.368. The van der Waals surface area contributed by atoms with E-state index in [2.05, 4.69) is 43.5 Å². The summed E-state index contributed by atoms with van der Waals surface area (Å²) >= 11 is 0. The maximum atomic E-state index is 11.5. The van der Waals surface area contributed by atoms with Gasteiger partial charge in [-0.2, -0.15) is 0 Å². The smallest absolute Gasteiger partial charge is 0.407 e. The van der Waals surface area contributed by atoms with Gasteiger partial charge in [0.15, 0.2) is 0 Å². The Morgan fingerprint density at radius 3 is 2.16 bits per heavy atom. The van der Waals surface area contributed by atoms with E-state index in [-0.39, 0.29) is 17.7 Å². The standard InChI is InChI=1S/C14H31N3O2/c1-11(16-10-14(5,6)17(7)8)9-15-12(18)19-13(2,3)4/h11,16H,9-10H2,1-8H3,(H,15,18). The van der Waals surface area contributed by atoms with Crippen LogP contribution >= 0.6 is 0 Å². The number of carbonyl (C=O) groups is 1. The summed E-state index contributed by atoms with van der Waals surface area (Å²) in [6, 6.07) is 0.201. The van der Waals surface area contributed by atoms with Gasteiger partial charge < -0.3 is 20.3 Å². The zero-order chi connectivity index (χ0) is 15.3. The monoisotopic (exact) mass is 273 g/mol. The second-order valence-electron chi connectivity index (χ2n) is 6.87. The molecule has 114 valence electrons. The van der Waals surface area contributed by atoms with Gasteiger partial charge in [-0.1, -0.05) is 0 Å². The average Bonchev–Trinajstić information content (AvgIpc) is 2.21. The van der Waals surface area contributed by atoms with Gasteiger partial charge in [-0.25, -0.2) is 4.79 Å². The van der Waals surface area contributed by atoms with Gasteiger partial charge in [0.25, 0.3) is 0 Å². The molecule has 1 unspecified atom stereocenters. The van der Waals surface area contributed by atoms with Crippen molar-refractivity contribution in [2.75, 3.05) is 27.2 Å². The highest BCUT2D eigenvalue weighted by Gasteiger charge is 2.21. The third kappa shape index (κ3) is 8.83. The predicted molar refractivity (Wildman–Crippen MR) is 79.5 cm³/mol. The number of ether oxygens (including phenoxy) is 1. The van der Waals surface area contributed by atoms with Gasteiger partial charge in [0.2, 0.25) is 0 Å². The molecule has 0 spiro atoms. The summed E-state index contributed by atoms with van der Waals surface area (Å²) in [7, 11) is 4.12. The molecule has 2 N–H and O–H groups in total. The third-order valence-electron chi connectivity index (χ3n) is 3.05. The van der Waals surface area contributed by atoms with E-state index in [1.165, 1.54) is 0 Å². The van der Waals surface area contributed by atoms with Crippen LogP contribution in [0.4, 0.5) is 4.79 Å². The van der Waals surface area contributed by atoms with Crippen LogP contribution in [0, 0.1) is 0 Å². The SMILES string of the molecule is CC(CNC(=O)OC(C)(C)C)NCC(C)(C)N(C)C. The van der Waals surface area contributed by atoms with Gasteiger partial charge in [0, 0.05) is 24.7 Å². The van der Waals surface area contributed by atoms with Gasteiger partial charge in [-0.15, -0.1) is 0 Å². The first kappa shape index (κ1) is 18.2. The molecule has 0 radical (unpaired) electrons. The zero-order valence-corrected chi connectivity index (χ0v) is 13.8. The summed E-state index contributed by atoms with van der Waals surface area (Å²) in [5.41, 5.74) is -0.367. The first-order chi connectivity index (χ1) is 8.44. The Balaban J connectivity index is 3.94. The van der Waals surface area contributed by atoms with E-state index in [4.69, 9.17) is 4.74 Å². The Morgan fingerprint density at radius 2 is 1.74 bits per heavy atom. The van der Waals surface area contributed by atoms with Crippen molar-refractivity contribution in [3.05, 3.63) is 0 Å². The highest BCUT2D eigenvalue weighted by molar-refractivity contribution is 5.67. The van der Waals surface area contributed by atoms with Gasteiger partial charge in [0.1, 0.15) is 5.60 Å². The molecule has 0 saturated carbocycles. The number of hydrogen-bond acceptors (Lipinski definition) is 4. The molecule has 0 fully saturated rings. The van der Waals surface area contributed by atoms with E-state index in [1.54, 1.807) is 0 Å². The van der Waals surface area contributed by atoms with Crippen LogP contribution in [0.1, 0.15) is 41.5 Å². The molecule has 0 bridgehead atoms. The molecule has 5 heteroatoms. The minimum atomic E-state index is -0.451. The fraction of sp³-hybridized carbons (Fsp3) is 0.929. The molecule has 0 aromatic heterocycles. The third-order valence-corrected chi connectivity index (χ3v) is 3.05. The highest BCUT2D eigenvalue weighted by Crippen LogP contribution is 2.08. The quantitative estimate of drug-likeness (QED) is 0.775. The van der Waals surface area contributed by atoms with Crippen molar-refractivity contribution in [2.45, 2.75) is 58.7 Å². The number of amides is 1. The second-order valence-corrected chi connectivity index (χ2v) is 6.87. The lowest BCUT2D eigenvalue weighted by Gasteiger charge is -2.34. The molecule has 0 saturated heterocycles. The van der Waals surface area contributed by atoms with E-state index in [1.807, 2.05) is 27.7 Å². The molecule has 1 atom stereocenters. The molecule has 19 heavy (non-hydrogen) atoms. The van der Waals surface area contributed by atoms with Crippen LogP contribution < -0.4 is 10.6 Å². The lowest BCUT2D eigenvalue weighted by atomic mass is 10.0. The van der Waals surface area contributed by atoms with Crippen LogP contribution in [0.2, 0.25) is 0 Å². The molecule has 0 heterocycles. The summed E-state index contributed by atoms with van der Waals surface area (Å²) < 4.78 is 5.19. The van der Waals surface area contributed by atoms with Crippen LogP contribution in [-0.2, 0) is 4.74 Å². The summed E-state index contributed by atoms with van der Waals surface area (Å²) in [4.78, 5) is 13.7. The molecule has 1 amide bonds. The molecule has 0 aliphatic heterocycles. The molecule has 5 nitrogen and oxygen atoms in total. The molecule has 0 aromatic carbocycles. The van der Waals surface area contributed by atoms with Crippen LogP contribution in [0.5, 0.6) is 0 Å². The maximum absolute atomic E-state index is 11.5. The lowest BCUT2D eigenvalue weighted by Crippen LogP contribution is -2.51. The van der Waals surface area contributed by atoms with Crippen molar-refractivity contribution in [2.24, 2.45) is 0 Å². The molecule has 0 rings (SSSR count). The average molecular weight is 273 g/mol. The zero-order valence-electron chi connectivity index (χ0n) is 13.8. The molecule has 0 aliphatic rings. The normalized spacial score (nSPS) is 14.4. The summed E-state index contributed by atoms with van der Waals surface area (Å²) in [5, 5.41) is 6.18. The molecule has 0 aromatic rings. The summed E-state index contributed by atoms with van der Waals surface area (Å²) in [6.45, 7) is 13.4. The Bertz CT molecular complexity index is 283. The van der Waals surface area contributed by atoms with Crippen LogP contribution in [-0.4, -0.2) is 55.4 Å². The number of nitrogens with zero attached hydrogens (tertiary/aromatic N) is 1. The summed E-state index contributed by atoms with van der Waals surface area (Å²) in [5.74, 6) is 0. The number of rotatable bonds is 6. The number of likely N-dealkylation sites (N-methyl/N-ethyl adjacent to an activating group) is 1. The van der Waals surface area contributed by atoms with Gasteiger partial charge in [-0.3, -0.25) is 0 Å². The number of carbonyl (C=O) groups excluding carboxylic acids is 1. The molecular weight excluding hydrogens is 242 g/mol. The van der Waals surface area contributed by atoms with E-state index in [0.717, 1.165) is 6.54 Å². The van der Waals surface area contributed by atoms with Crippen molar-refractivity contribution in [3.63, 3.8) is 0 Å². The van der Waals surface area contributed by atoms with Crippen molar-refractivity contribution < 1.29 is 9.53 Å². The Kier molecular flexibility index (Phi) is 6.80. The van der Waals surface area contributed by atoms with Crippen LogP contribution in [0.25, 0.3) is 0 Å². The van der Waals surface area contributed by atoms with Gasteiger partial charge >= 0.3 is 6.09 Å². The fourth-order valence-electron chi connectivity index (χ4n) is 1.20. The van der Waals surface area contributed by atoms with Crippen molar-refractivity contribution in [1.82, 2.24) is 15.5 Å². The van der Waals surface area contributed by atoms with E-state index in [0.29, 0.717) is 6.54 Å². The topological polar surface area (TPSA) is 53.6 Å². The minimum Gasteiger partial charge on any atom is -0.444 e. The minimum absolute atomic E-state index is 0.0835. The fourth-order valence-corrected chi connectivity index (χ4v) is 1.20. The maximum Gasteiger partial charge on any atom is 0.407 e. The second kappa shape index (κ2) is 7.10. The first-order valence-electron chi connectivity index (χ1n) is 6.82. The van der Waals surface area contributed by atoms with Gasteiger partial charge in [-0.05, 0) is 55.6 Å². The Labute approximate surface area is 118 Å². The van der Waals surface area contributed by atoms with E-state index < -0.39 is 5.60 Å². The molecular formula is C14H31N3O2. The van der Waals surface area contributed by atoms with Crippen LogP contribution in [0.3, 0.4) is 0 Å². The Morgan fingerprint density at radius 1 is 1.21 bits per heavy atom. The Hall–Kier alpha value is -0.810. The van der Waals surface area contributed by atoms with Crippen molar-refractivity contribution >= 4 is 6.09 Å². The highest BCUT2D eigenvalue weighted by atomic mass is 16.6. The largest absolute Gasteiger partial charge is 0.444 e. The predicted octanol–water partition coefficient (Wildman–Crippen LogP) is 1.83. The van der Waals surface area contributed by atoms with E-state index in [9.17, 15) is 4.79 Å². The van der Waals surface area contributed by atoms with Crippen molar-refractivity contribution in [1.29, 1.82) is 0 Å². The van der Waals surface area contributed by atoms with E-state index >= 15 is 0 Å². The lowest BCUT2D eigenvalue weighted by molar-refractivity contribution is 0.0522. The number of hydrogen-bond donors (Lipinski definition) is 2. The van der Waals surface area contributed by atoms with Crippen LogP contribution in [0.15, 0.2) is 0 Å². The van der Waals surface area contributed by atoms with Gasteiger partial charge in [0.05, 0.1) is 0 Å². The van der Waals surface area contributed by atoms with Crippen molar-refractivity contribution in [3.8, 4) is 0 Å².